The average molecular weight is 406 g/mol. The second-order valence-corrected chi connectivity index (χ2v) is 7.57. The third kappa shape index (κ3) is 5.99. The number of ether oxygens (including phenoxy) is 2. The Bertz CT molecular complexity index is 791. The molecule has 0 bridgehead atoms. The van der Waals surface area contributed by atoms with Gasteiger partial charge in [0.05, 0.1) is 11.7 Å². The highest BCUT2D eigenvalue weighted by molar-refractivity contribution is 7.99. The van der Waals surface area contributed by atoms with Crippen molar-refractivity contribution in [1.29, 1.82) is 0 Å². The van der Waals surface area contributed by atoms with Crippen LogP contribution < -0.4 is 5.32 Å². The molecule has 2 aromatic rings. The fraction of sp³-hybridized carbons (Fsp3) is 0.300. The number of esters is 1. The molecule has 0 saturated carbocycles. The molecular formula is C20H20ClNO4S. The van der Waals surface area contributed by atoms with Crippen LogP contribution in [0.5, 0.6) is 0 Å². The van der Waals surface area contributed by atoms with E-state index in [0.29, 0.717) is 16.3 Å². The molecule has 5 nitrogen and oxygen atoms in total. The molecule has 142 valence electrons. The van der Waals surface area contributed by atoms with E-state index in [1.807, 2.05) is 12.1 Å². The summed E-state index contributed by atoms with van der Waals surface area (Å²) in [5.41, 5.74) is 1.05. The first-order valence-corrected chi connectivity index (χ1v) is 10.0. The van der Waals surface area contributed by atoms with Crippen molar-refractivity contribution < 1.29 is 19.1 Å². The van der Waals surface area contributed by atoms with Crippen LogP contribution in [0.25, 0.3) is 0 Å². The summed E-state index contributed by atoms with van der Waals surface area (Å²) in [7, 11) is 0. The lowest BCUT2D eigenvalue weighted by atomic mass is 10.2. The standard InChI is InChI=1S/C20H20ClNO4S/c21-14-7-9-15(10-8-14)22-19(23)12-26-20(24)17-5-1-2-6-18(17)27-13-16-4-3-11-25-16/h1-2,5-10,16H,3-4,11-13H2,(H,22,23)/t16-/m1/s1. The molecule has 1 N–H and O–H groups in total. The zero-order valence-corrected chi connectivity index (χ0v) is 16.2. The highest BCUT2D eigenvalue weighted by Crippen LogP contribution is 2.27. The van der Waals surface area contributed by atoms with Gasteiger partial charge in [-0.2, -0.15) is 0 Å². The summed E-state index contributed by atoms with van der Waals surface area (Å²) in [6.07, 6.45) is 2.35. The first-order chi connectivity index (χ1) is 13.1. The van der Waals surface area contributed by atoms with Gasteiger partial charge in [0.15, 0.2) is 6.61 Å². The van der Waals surface area contributed by atoms with Gasteiger partial charge in [-0.25, -0.2) is 4.79 Å². The van der Waals surface area contributed by atoms with Crippen molar-refractivity contribution in [3.63, 3.8) is 0 Å². The number of benzene rings is 2. The average Bonchev–Trinajstić information content (AvgIpc) is 3.20. The van der Waals surface area contributed by atoms with Crippen molar-refractivity contribution in [1.82, 2.24) is 0 Å². The van der Waals surface area contributed by atoms with E-state index in [9.17, 15) is 9.59 Å². The smallest absolute Gasteiger partial charge is 0.339 e. The maximum Gasteiger partial charge on any atom is 0.339 e. The molecule has 0 spiro atoms. The lowest BCUT2D eigenvalue weighted by Crippen LogP contribution is -2.21. The van der Waals surface area contributed by atoms with Crippen LogP contribution in [0.2, 0.25) is 5.02 Å². The van der Waals surface area contributed by atoms with E-state index in [0.717, 1.165) is 30.1 Å². The molecule has 27 heavy (non-hydrogen) atoms. The second-order valence-electron chi connectivity index (χ2n) is 6.07. The molecule has 0 aromatic heterocycles. The number of rotatable bonds is 7. The summed E-state index contributed by atoms with van der Waals surface area (Å²) in [5.74, 6) is -0.131. The van der Waals surface area contributed by atoms with E-state index < -0.39 is 11.9 Å². The number of nitrogens with one attached hydrogen (secondary N) is 1. The largest absolute Gasteiger partial charge is 0.452 e. The monoisotopic (exact) mass is 405 g/mol. The van der Waals surface area contributed by atoms with E-state index in [2.05, 4.69) is 5.32 Å². The van der Waals surface area contributed by atoms with Gasteiger partial charge in [-0.15, -0.1) is 11.8 Å². The summed E-state index contributed by atoms with van der Waals surface area (Å²) in [6.45, 7) is 0.448. The Kier molecular flexibility index (Phi) is 7.15. The molecule has 0 unspecified atom stereocenters. The third-order valence-electron chi connectivity index (χ3n) is 4.02. The number of thioether (sulfide) groups is 1. The highest BCUT2D eigenvalue weighted by atomic mass is 35.5. The van der Waals surface area contributed by atoms with Crippen LogP contribution in [-0.4, -0.2) is 36.9 Å². The molecule has 0 radical (unpaired) electrons. The number of carbonyl (C=O) groups excluding carboxylic acids is 2. The third-order valence-corrected chi connectivity index (χ3v) is 5.48. The first-order valence-electron chi connectivity index (χ1n) is 8.68. The highest BCUT2D eigenvalue weighted by Gasteiger charge is 2.19. The quantitative estimate of drug-likeness (QED) is 0.546. The summed E-state index contributed by atoms with van der Waals surface area (Å²) < 4.78 is 10.8. The predicted octanol–water partition coefficient (Wildman–Crippen LogP) is 4.41. The zero-order valence-electron chi connectivity index (χ0n) is 14.7. The maximum atomic E-state index is 12.4. The van der Waals surface area contributed by atoms with Crippen molar-refractivity contribution in [2.45, 2.75) is 23.8 Å². The van der Waals surface area contributed by atoms with Gasteiger partial charge in [0.1, 0.15) is 0 Å². The van der Waals surface area contributed by atoms with Crippen molar-refractivity contribution in [3.8, 4) is 0 Å². The Labute approximate surface area is 167 Å². The number of hydrogen-bond acceptors (Lipinski definition) is 5. The summed E-state index contributed by atoms with van der Waals surface area (Å²) in [4.78, 5) is 25.2. The fourth-order valence-electron chi connectivity index (χ4n) is 2.66. The Morgan fingerprint density at radius 1 is 1.19 bits per heavy atom. The summed E-state index contributed by atoms with van der Waals surface area (Å²) >= 11 is 7.38. The van der Waals surface area contributed by atoms with Crippen LogP contribution in [0.15, 0.2) is 53.4 Å². The molecule has 0 aliphatic carbocycles. The zero-order chi connectivity index (χ0) is 19.1. The summed E-state index contributed by atoms with van der Waals surface area (Å²) in [5, 5.41) is 3.24. The number of carbonyl (C=O) groups is 2. The van der Waals surface area contributed by atoms with E-state index >= 15 is 0 Å². The van der Waals surface area contributed by atoms with Gasteiger partial charge in [-0.3, -0.25) is 4.79 Å². The van der Waals surface area contributed by atoms with Crippen molar-refractivity contribution >= 4 is 40.9 Å². The van der Waals surface area contributed by atoms with Gasteiger partial charge in [0, 0.05) is 28.0 Å². The molecular weight excluding hydrogens is 386 g/mol. The fourth-order valence-corrected chi connectivity index (χ4v) is 3.89. The second kappa shape index (κ2) is 9.78. The molecule has 1 aliphatic rings. The van der Waals surface area contributed by atoms with Crippen LogP contribution in [-0.2, 0) is 14.3 Å². The van der Waals surface area contributed by atoms with E-state index in [4.69, 9.17) is 21.1 Å². The van der Waals surface area contributed by atoms with Gasteiger partial charge in [-0.1, -0.05) is 23.7 Å². The molecule has 2 aromatic carbocycles. The number of anilines is 1. The molecule has 1 aliphatic heterocycles. The number of halogens is 1. The van der Waals surface area contributed by atoms with Crippen LogP contribution in [0.3, 0.4) is 0 Å². The minimum Gasteiger partial charge on any atom is -0.452 e. The molecule has 7 heteroatoms. The maximum absolute atomic E-state index is 12.4. The van der Waals surface area contributed by atoms with Crippen LogP contribution in [0.4, 0.5) is 5.69 Å². The van der Waals surface area contributed by atoms with Gasteiger partial charge in [0.2, 0.25) is 0 Å². The van der Waals surface area contributed by atoms with E-state index in [-0.39, 0.29) is 12.7 Å². The molecule has 1 atom stereocenters. The summed E-state index contributed by atoms with van der Waals surface area (Å²) in [6, 6.07) is 13.9. The van der Waals surface area contributed by atoms with Gasteiger partial charge < -0.3 is 14.8 Å². The first kappa shape index (κ1) is 19.7. The van der Waals surface area contributed by atoms with E-state index in [1.165, 1.54) is 0 Å². The normalized spacial score (nSPS) is 16.1. The Balaban J connectivity index is 1.52. The minimum atomic E-state index is -0.517. The Morgan fingerprint density at radius 2 is 1.96 bits per heavy atom. The number of amides is 1. The number of hydrogen-bond donors (Lipinski definition) is 1. The van der Waals surface area contributed by atoms with Gasteiger partial charge >= 0.3 is 5.97 Å². The Hall–Kier alpha value is -2.02. The van der Waals surface area contributed by atoms with Crippen molar-refractivity contribution in [3.05, 3.63) is 59.1 Å². The van der Waals surface area contributed by atoms with Crippen LogP contribution in [0, 0.1) is 0 Å². The van der Waals surface area contributed by atoms with Crippen LogP contribution >= 0.6 is 23.4 Å². The minimum absolute atomic E-state index is 0.226. The Morgan fingerprint density at radius 3 is 2.70 bits per heavy atom. The molecule has 1 saturated heterocycles. The SMILES string of the molecule is O=C(COC(=O)c1ccccc1SC[C@H]1CCCO1)Nc1ccc(Cl)cc1. The lowest BCUT2D eigenvalue weighted by Gasteiger charge is -2.12. The molecule has 1 fully saturated rings. The molecule has 1 amide bonds. The van der Waals surface area contributed by atoms with Gasteiger partial charge in [-0.05, 0) is 49.2 Å². The van der Waals surface area contributed by atoms with Crippen LogP contribution in [0.1, 0.15) is 23.2 Å². The van der Waals surface area contributed by atoms with E-state index in [1.54, 1.807) is 48.2 Å². The topological polar surface area (TPSA) is 64.6 Å². The van der Waals surface area contributed by atoms with Gasteiger partial charge in [0.25, 0.3) is 5.91 Å². The lowest BCUT2D eigenvalue weighted by molar-refractivity contribution is -0.119. The predicted molar refractivity (Wildman–Crippen MR) is 107 cm³/mol. The van der Waals surface area contributed by atoms with Crippen molar-refractivity contribution in [2.24, 2.45) is 0 Å². The molecule has 1 heterocycles. The molecule has 3 rings (SSSR count). The van der Waals surface area contributed by atoms with Crippen molar-refractivity contribution in [2.75, 3.05) is 24.3 Å².